The second kappa shape index (κ2) is 11.0. The highest BCUT2D eigenvalue weighted by atomic mass is 19.1. The van der Waals surface area contributed by atoms with Gasteiger partial charge in [0.05, 0.1) is 45.9 Å². The van der Waals surface area contributed by atoms with Crippen LogP contribution in [0.25, 0.3) is 37.8 Å². The molecule has 0 radical (unpaired) electrons. The summed E-state index contributed by atoms with van der Waals surface area (Å²) in [6, 6.07) is 25.8. The third-order valence-electron chi connectivity index (χ3n) is 8.47. The van der Waals surface area contributed by atoms with Crippen molar-refractivity contribution in [2.75, 3.05) is 0 Å². The van der Waals surface area contributed by atoms with Crippen LogP contribution in [-0.2, 0) is 12.1 Å². The van der Waals surface area contributed by atoms with Crippen LogP contribution >= 0.6 is 0 Å². The first-order valence-electron chi connectivity index (χ1n) is 14.5. The Balaban J connectivity index is 1.31. The fraction of sp³-hybridized carbons (Fsp3) is 0.108. The van der Waals surface area contributed by atoms with Crippen molar-refractivity contribution in [3.05, 3.63) is 142 Å². The summed E-state index contributed by atoms with van der Waals surface area (Å²) < 4.78 is 16.5. The molecule has 1 saturated carbocycles. The predicted molar refractivity (Wildman–Crippen MR) is 171 cm³/mol. The van der Waals surface area contributed by atoms with Gasteiger partial charge in [-0.05, 0) is 101 Å². The number of aromatic nitrogens is 2. The molecule has 0 atom stereocenters. The molecule has 46 heavy (non-hydrogen) atoms. The second-order valence-corrected chi connectivity index (χ2v) is 11.5. The Morgan fingerprint density at radius 2 is 1.78 bits per heavy atom. The number of carbonyl (C=O) groups excluding carboxylic acids is 1. The first-order chi connectivity index (χ1) is 22.2. The van der Waals surface area contributed by atoms with Crippen LogP contribution in [0.15, 0.2) is 97.3 Å². The number of aromatic carboxylic acids is 1. The Labute approximate surface area is 262 Å². The van der Waals surface area contributed by atoms with E-state index in [1.165, 1.54) is 24.3 Å². The SMILES string of the molecule is [C-]#[N+]c1cnc2cc(Cn3ccc4cc(-c5cc(F)cc(C#N)c5)cc(C(=O)NC5(c6ccc(C(=O)O)cc6)CC5)c43)ccc2c1. The second-order valence-electron chi connectivity index (χ2n) is 11.5. The van der Waals surface area contributed by atoms with Crippen LogP contribution in [0, 0.1) is 23.7 Å². The number of amides is 1. The lowest BCUT2D eigenvalue weighted by atomic mass is 9.97. The van der Waals surface area contributed by atoms with Crippen molar-refractivity contribution in [2.24, 2.45) is 0 Å². The molecule has 9 heteroatoms. The van der Waals surface area contributed by atoms with Gasteiger partial charge in [0.1, 0.15) is 5.82 Å². The van der Waals surface area contributed by atoms with E-state index in [1.54, 1.807) is 36.5 Å². The Morgan fingerprint density at radius 3 is 2.50 bits per heavy atom. The third-order valence-corrected chi connectivity index (χ3v) is 8.47. The van der Waals surface area contributed by atoms with Crippen LogP contribution in [-0.4, -0.2) is 26.5 Å². The Morgan fingerprint density at radius 1 is 1.00 bits per heavy atom. The van der Waals surface area contributed by atoms with E-state index < -0.39 is 17.3 Å². The lowest BCUT2D eigenvalue weighted by Gasteiger charge is -2.20. The van der Waals surface area contributed by atoms with Crippen LogP contribution in [0.3, 0.4) is 0 Å². The molecule has 0 unspecified atom stereocenters. The molecule has 0 spiro atoms. The summed E-state index contributed by atoms with van der Waals surface area (Å²) in [6.45, 7) is 7.69. The molecule has 1 amide bonds. The molecule has 4 aromatic carbocycles. The van der Waals surface area contributed by atoms with E-state index in [4.69, 9.17) is 6.57 Å². The van der Waals surface area contributed by atoms with E-state index in [9.17, 15) is 24.3 Å². The molecule has 7 rings (SSSR count). The van der Waals surface area contributed by atoms with Gasteiger partial charge in [0.25, 0.3) is 5.91 Å². The van der Waals surface area contributed by atoms with Crippen molar-refractivity contribution in [3.63, 3.8) is 0 Å². The van der Waals surface area contributed by atoms with Gasteiger partial charge >= 0.3 is 5.97 Å². The highest BCUT2D eigenvalue weighted by Crippen LogP contribution is 2.46. The van der Waals surface area contributed by atoms with Crippen molar-refractivity contribution >= 4 is 39.4 Å². The van der Waals surface area contributed by atoms with Gasteiger partial charge in [0.15, 0.2) is 0 Å². The Bertz CT molecular complexity index is 2310. The number of hydrogen-bond donors (Lipinski definition) is 2. The zero-order valence-electron chi connectivity index (χ0n) is 24.3. The zero-order chi connectivity index (χ0) is 32.0. The van der Waals surface area contributed by atoms with Crippen molar-refractivity contribution in [1.82, 2.24) is 14.9 Å². The van der Waals surface area contributed by atoms with Crippen LogP contribution in [0.5, 0.6) is 0 Å². The lowest BCUT2D eigenvalue weighted by molar-refractivity contribution is 0.0696. The van der Waals surface area contributed by atoms with E-state index in [0.29, 0.717) is 47.3 Å². The highest BCUT2D eigenvalue weighted by Gasteiger charge is 2.46. The van der Waals surface area contributed by atoms with E-state index >= 15 is 0 Å². The number of nitriles is 1. The molecule has 1 fully saturated rings. The van der Waals surface area contributed by atoms with Gasteiger partial charge in [-0.1, -0.05) is 24.3 Å². The lowest BCUT2D eigenvalue weighted by Crippen LogP contribution is -2.35. The van der Waals surface area contributed by atoms with Gasteiger partial charge in [-0.3, -0.25) is 9.78 Å². The molecule has 0 aliphatic heterocycles. The molecule has 222 valence electrons. The Hall–Kier alpha value is -6.32. The number of carbonyl (C=O) groups is 2. The predicted octanol–water partition coefficient (Wildman–Crippen LogP) is 7.58. The highest BCUT2D eigenvalue weighted by molar-refractivity contribution is 6.08. The fourth-order valence-corrected chi connectivity index (χ4v) is 5.98. The summed E-state index contributed by atoms with van der Waals surface area (Å²) in [6.07, 6.45) is 4.84. The monoisotopic (exact) mass is 605 g/mol. The molecule has 2 aromatic heterocycles. The first-order valence-corrected chi connectivity index (χ1v) is 14.5. The maximum Gasteiger partial charge on any atom is 0.335 e. The molecule has 8 nitrogen and oxygen atoms in total. The van der Waals surface area contributed by atoms with Gasteiger partial charge in [0, 0.05) is 24.3 Å². The van der Waals surface area contributed by atoms with Crippen LogP contribution in [0.2, 0.25) is 0 Å². The maximum absolute atomic E-state index is 14.5. The van der Waals surface area contributed by atoms with E-state index in [0.717, 1.165) is 27.4 Å². The number of rotatable bonds is 7. The van der Waals surface area contributed by atoms with Crippen molar-refractivity contribution in [2.45, 2.75) is 24.9 Å². The molecule has 1 aliphatic rings. The molecule has 2 heterocycles. The summed E-state index contributed by atoms with van der Waals surface area (Å²) in [5.74, 6) is -1.89. The minimum atomic E-state index is -1.02. The number of carboxylic acids is 1. The quantitative estimate of drug-likeness (QED) is 0.182. The summed E-state index contributed by atoms with van der Waals surface area (Å²) >= 11 is 0. The summed E-state index contributed by atoms with van der Waals surface area (Å²) in [5.41, 5.74) is 4.84. The smallest absolute Gasteiger partial charge is 0.335 e. The van der Waals surface area contributed by atoms with Gasteiger partial charge in [-0.2, -0.15) is 5.26 Å². The maximum atomic E-state index is 14.5. The molecular weight excluding hydrogens is 581 g/mol. The average molecular weight is 606 g/mol. The molecule has 0 saturated heterocycles. The van der Waals surface area contributed by atoms with E-state index in [2.05, 4.69) is 15.1 Å². The molecule has 0 bridgehead atoms. The van der Waals surface area contributed by atoms with Crippen LogP contribution in [0.1, 0.15) is 50.2 Å². The average Bonchev–Trinajstić information content (AvgIpc) is 3.75. The normalized spacial score (nSPS) is 13.2. The summed E-state index contributed by atoms with van der Waals surface area (Å²) in [5, 5.41) is 23.6. The number of benzene rings is 4. The van der Waals surface area contributed by atoms with Gasteiger partial charge in [0.2, 0.25) is 5.69 Å². The van der Waals surface area contributed by atoms with Crippen molar-refractivity contribution in [3.8, 4) is 17.2 Å². The molecule has 2 N–H and O–H groups in total. The number of fused-ring (bicyclic) bond motifs is 2. The van der Waals surface area contributed by atoms with E-state index in [-0.39, 0.29) is 17.0 Å². The van der Waals surface area contributed by atoms with Gasteiger partial charge in [-0.15, -0.1) is 0 Å². The number of nitrogens with zero attached hydrogens (tertiary/aromatic N) is 4. The standard InChI is InChI=1S/C37H24FN5O3/c1-40-31-17-25-3-2-22(14-33(25)41-20-31)21-43-11-8-26-15-28(27-12-23(19-39)13-30(38)16-27)18-32(34(26)43)35(44)42-37(9-10-37)29-6-4-24(5-7-29)36(45)46/h2-8,11-18,20H,9-10,21H2,(H,42,44)(H,45,46). The zero-order valence-corrected chi connectivity index (χ0v) is 24.3. The molecular formula is C37H24FN5O3. The third kappa shape index (κ3) is 5.21. The number of carboxylic acid groups (broad SMARTS) is 1. The van der Waals surface area contributed by atoms with Gasteiger partial charge in [-0.25, -0.2) is 14.0 Å². The van der Waals surface area contributed by atoms with Crippen LogP contribution < -0.4 is 5.32 Å². The Kier molecular flexibility index (Phi) is 6.80. The van der Waals surface area contributed by atoms with Gasteiger partial charge < -0.3 is 15.0 Å². The molecule has 1 aliphatic carbocycles. The number of halogens is 1. The fourth-order valence-electron chi connectivity index (χ4n) is 5.98. The van der Waals surface area contributed by atoms with Crippen LogP contribution in [0.4, 0.5) is 10.1 Å². The number of nitrogens with one attached hydrogen (secondary N) is 1. The minimum absolute atomic E-state index is 0.167. The first kappa shape index (κ1) is 28.5. The topological polar surface area (TPSA) is 112 Å². The number of pyridine rings is 1. The van der Waals surface area contributed by atoms with E-state index in [1.807, 2.05) is 47.2 Å². The summed E-state index contributed by atoms with van der Waals surface area (Å²) in [4.78, 5) is 33.5. The number of hydrogen-bond acceptors (Lipinski definition) is 4. The van der Waals surface area contributed by atoms with Crippen molar-refractivity contribution < 1.29 is 19.1 Å². The summed E-state index contributed by atoms with van der Waals surface area (Å²) in [7, 11) is 0. The minimum Gasteiger partial charge on any atom is -0.478 e. The van der Waals surface area contributed by atoms with Crippen molar-refractivity contribution in [1.29, 1.82) is 5.26 Å². The largest absolute Gasteiger partial charge is 0.478 e. The molecule has 6 aromatic rings.